The van der Waals surface area contributed by atoms with Crippen LogP contribution in [0.25, 0.3) is 0 Å². The molecule has 3 nitrogen and oxygen atoms in total. The van der Waals surface area contributed by atoms with Crippen molar-refractivity contribution in [2.45, 2.75) is 4.90 Å². The Morgan fingerprint density at radius 3 is 1.41 bits per heavy atom. The minimum absolute atomic E-state index is 0. The molecule has 0 spiro atoms. The molecule has 0 unspecified atom stereocenters. The van der Waals surface area contributed by atoms with Gasteiger partial charge in [0.15, 0.2) is 0 Å². The van der Waals surface area contributed by atoms with Crippen LogP contribution in [0.1, 0.15) is 0 Å². The van der Waals surface area contributed by atoms with Crippen LogP contribution in [0.2, 0.25) is 0 Å². The predicted octanol–water partition coefficient (Wildman–Crippen LogP) is 2.74. The second kappa shape index (κ2) is 8.99. The van der Waals surface area contributed by atoms with Crippen LogP contribution < -0.4 is 0 Å². The summed E-state index contributed by atoms with van der Waals surface area (Å²) in [6.45, 7) is 0. The fraction of sp³-hybridized carbons (Fsp3) is 0. The van der Waals surface area contributed by atoms with Gasteiger partial charge in [0.1, 0.15) is 5.75 Å². The molecule has 0 bridgehead atoms. The Morgan fingerprint density at radius 1 is 0.765 bits per heavy atom. The predicted molar refractivity (Wildman–Crippen MR) is 61.6 cm³/mol. The summed E-state index contributed by atoms with van der Waals surface area (Å²) in [4.78, 5) is 0.331. The van der Waals surface area contributed by atoms with E-state index in [4.69, 9.17) is 5.11 Å². The number of hydrogen-bond acceptors (Lipinski definition) is 4. The van der Waals surface area contributed by atoms with Crippen LogP contribution in [0.5, 0.6) is 5.75 Å². The third-order valence-electron chi connectivity index (χ3n) is 1.69. The molecule has 2 aromatic rings. The maximum absolute atomic E-state index is 10.2. The Balaban J connectivity index is 0.000000292. The van der Waals surface area contributed by atoms with Crippen LogP contribution in [-0.4, -0.2) is 5.11 Å². The Bertz CT molecular complexity index is 476. The molecule has 0 heterocycles. The molecule has 2 aromatic carbocycles. The second-order valence-corrected chi connectivity index (χ2v) is 3.82. The Labute approximate surface area is 117 Å². The summed E-state index contributed by atoms with van der Waals surface area (Å²) in [7, 11) is -2.08. The standard InChI is InChI=1S/C6H5O2S.C6H6O.Ti/c7-9(8)6-4-2-1-3-5-6;7-6-4-2-1-3-5-6;/h1-5H;1-5,7H;/q-1;;. The SMILES string of the molecule is O=[S-](=O)c1ccccc1.Oc1ccccc1.[Ti]. The third-order valence-corrected chi connectivity index (χ3v) is 2.35. The number of phenols is 1. The molecule has 0 aliphatic rings. The fourth-order valence-corrected chi connectivity index (χ4v) is 1.34. The van der Waals surface area contributed by atoms with E-state index in [9.17, 15) is 8.42 Å². The molecule has 0 saturated heterocycles. The van der Waals surface area contributed by atoms with Crippen molar-refractivity contribution in [1.82, 2.24) is 0 Å². The van der Waals surface area contributed by atoms with Crippen molar-refractivity contribution < 1.29 is 35.2 Å². The second-order valence-electron chi connectivity index (χ2n) is 2.88. The van der Waals surface area contributed by atoms with E-state index in [1.54, 1.807) is 54.6 Å². The van der Waals surface area contributed by atoms with E-state index < -0.39 is 10.7 Å². The molecule has 17 heavy (non-hydrogen) atoms. The van der Waals surface area contributed by atoms with Gasteiger partial charge in [-0.15, -0.1) is 0 Å². The molecular formula is C12H11O3STi-. The molecule has 1 N–H and O–H groups in total. The van der Waals surface area contributed by atoms with Crippen molar-refractivity contribution in [3.05, 3.63) is 60.7 Å². The molecule has 0 atom stereocenters. The molecule has 0 radical (unpaired) electrons. The molecule has 0 fully saturated rings. The molecule has 0 saturated carbocycles. The summed E-state index contributed by atoms with van der Waals surface area (Å²) >= 11 is 0. The minimum atomic E-state index is -2.08. The first kappa shape index (κ1) is 15.9. The van der Waals surface area contributed by atoms with Crippen LogP contribution >= 0.6 is 0 Å². The van der Waals surface area contributed by atoms with E-state index in [2.05, 4.69) is 0 Å². The van der Waals surface area contributed by atoms with Crippen molar-refractivity contribution in [2.75, 3.05) is 0 Å². The van der Waals surface area contributed by atoms with Crippen LogP contribution in [0.15, 0.2) is 65.6 Å². The van der Waals surface area contributed by atoms with Gasteiger partial charge < -0.3 is 13.5 Å². The first-order valence-electron chi connectivity index (χ1n) is 4.58. The van der Waals surface area contributed by atoms with E-state index >= 15 is 0 Å². The van der Waals surface area contributed by atoms with Gasteiger partial charge in [-0.25, -0.2) is 0 Å². The van der Waals surface area contributed by atoms with Gasteiger partial charge in [-0.3, -0.25) is 0 Å². The average molecular weight is 283 g/mol. The average Bonchev–Trinajstić information content (AvgIpc) is 2.32. The Morgan fingerprint density at radius 2 is 1.18 bits per heavy atom. The van der Waals surface area contributed by atoms with Gasteiger partial charge in [0.2, 0.25) is 0 Å². The van der Waals surface area contributed by atoms with Crippen molar-refractivity contribution >= 4 is 10.7 Å². The van der Waals surface area contributed by atoms with Crippen LogP contribution in [0, 0.1) is 0 Å². The zero-order valence-corrected chi connectivity index (χ0v) is 11.3. The Hall–Kier alpha value is -1.10. The van der Waals surface area contributed by atoms with E-state index in [0.717, 1.165) is 0 Å². The fourth-order valence-electron chi connectivity index (χ4n) is 0.960. The molecule has 5 heteroatoms. The zero-order chi connectivity index (χ0) is 11.8. The van der Waals surface area contributed by atoms with E-state index in [-0.39, 0.29) is 21.7 Å². The van der Waals surface area contributed by atoms with Crippen LogP contribution in [-0.2, 0) is 40.8 Å². The maximum atomic E-state index is 10.2. The van der Waals surface area contributed by atoms with Gasteiger partial charge in [0, 0.05) is 21.7 Å². The van der Waals surface area contributed by atoms with Gasteiger partial charge in [-0.05, 0) is 22.8 Å². The van der Waals surface area contributed by atoms with Crippen molar-refractivity contribution in [3.63, 3.8) is 0 Å². The third kappa shape index (κ3) is 6.94. The first-order valence-corrected chi connectivity index (χ1v) is 5.66. The molecular weight excluding hydrogens is 272 g/mol. The zero-order valence-electron chi connectivity index (χ0n) is 8.95. The summed E-state index contributed by atoms with van der Waals surface area (Å²) in [5, 5.41) is 8.63. The molecule has 0 aromatic heterocycles. The van der Waals surface area contributed by atoms with E-state index in [1.807, 2.05) is 6.07 Å². The maximum Gasteiger partial charge on any atom is 0.115 e. The summed E-state index contributed by atoms with van der Waals surface area (Å²) in [5.74, 6) is 0.322. The summed E-state index contributed by atoms with van der Waals surface area (Å²) < 4.78 is 20.4. The number of hydrogen-bond donors (Lipinski definition) is 1. The van der Waals surface area contributed by atoms with Gasteiger partial charge in [-0.1, -0.05) is 53.4 Å². The number of phenolic OH excluding ortho intramolecular Hbond substituents is 1. The van der Waals surface area contributed by atoms with E-state index in [0.29, 0.717) is 10.6 Å². The summed E-state index contributed by atoms with van der Waals surface area (Å²) in [6.07, 6.45) is 0. The first-order chi connectivity index (χ1) is 7.70. The van der Waals surface area contributed by atoms with Gasteiger partial charge in [0.05, 0.1) is 0 Å². The smallest absolute Gasteiger partial charge is 0.115 e. The van der Waals surface area contributed by atoms with Crippen molar-refractivity contribution in [2.24, 2.45) is 0 Å². The normalized spacial score (nSPS) is 8.76. The summed E-state index contributed by atoms with van der Waals surface area (Å²) in [6, 6.07) is 16.9. The molecule has 0 aliphatic carbocycles. The Kier molecular flexibility index (Phi) is 8.41. The number of rotatable bonds is 1. The topological polar surface area (TPSA) is 54.4 Å². The quantitative estimate of drug-likeness (QED) is 0.646. The van der Waals surface area contributed by atoms with Gasteiger partial charge in [0.25, 0.3) is 0 Å². The monoisotopic (exact) mass is 283 g/mol. The van der Waals surface area contributed by atoms with Gasteiger partial charge in [-0.2, -0.15) is 0 Å². The van der Waals surface area contributed by atoms with Crippen molar-refractivity contribution in [1.29, 1.82) is 0 Å². The van der Waals surface area contributed by atoms with E-state index in [1.165, 1.54) is 0 Å². The molecule has 88 valence electrons. The number of aromatic hydroxyl groups is 1. The largest absolute Gasteiger partial charge is 0.508 e. The number of benzene rings is 2. The van der Waals surface area contributed by atoms with Crippen molar-refractivity contribution in [3.8, 4) is 5.75 Å². The minimum Gasteiger partial charge on any atom is -0.508 e. The molecule has 2 rings (SSSR count). The molecule has 0 aliphatic heterocycles. The van der Waals surface area contributed by atoms with Crippen LogP contribution in [0.3, 0.4) is 0 Å². The van der Waals surface area contributed by atoms with Gasteiger partial charge >= 0.3 is 0 Å². The van der Waals surface area contributed by atoms with Crippen LogP contribution in [0.4, 0.5) is 0 Å². The summed E-state index contributed by atoms with van der Waals surface area (Å²) in [5.41, 5.74) is 0. The number of para-hydroxylation sites is 1. The molecule has 0 amide bonds.